The van der Waals surface area contributed by atoms with Crippen LogP contribution in [0.2, 0.25) is 0 Å². The summed E-state index contributed by atoms with van der Waals surface area (Å²) < 4.78 is 0. The van der Waals surface area contributed by atoms with Crippen molar-refractivity contribution in [1.29, 1.82) is 0 Å². The summed E-state index contributed by atoms with van der Waals surface area (Å²) in [5.74, 6) is 0.367. The van der Waals surface area contributed by atoms with Crippen molar-refractivity contribution in [3.63, 3.8) is 0 Å². The molecule has 2 rings (SSSR count). The van der Waals surface area contributed by atoms with Crippen molar-refractivity contribution in [2.24, 2.45) is 22.5 Å². The van der Waals surface area contributed by atoms with E-state index < -0.39 is 5.06 Å². The van der Waals surface area contributed by atoms with Gasteiger partial charge < -0.3 is 10.8 Å². The van der Waals surface area contributed by atoms with Gasteiger partial charge in [-0.15, -0.1) is 12.4 Å². The van der Waals surface area contributed by atoms with Crippen molar-refractivity contribution in [2.75, 3.05) is 0 Å². The van der Waals surface area contributed by atoms with Crippen molar-refractivity contribution >= 4 is 24.0 Å². The van der Waals surface area contributed by atoms with Gasteiger partial charge in [0.05, 0.1) is 6.04 Å². The van der Waals surface area contributed by atoms with Crippen LogP contribution < -0.4 is 5.73 Å². The summed E-state index contributed by atoms with van der Waals surface area (Å²) in [7, 11) is 0. The molecule has 4 heteroatoms. The summed E-state index contributed by atoms with van der Waals surface area (Å²) in [4.78, 5) is 0. The van der Waals surface area contributed by atoms with Gasteiger partial charge in [0, 0.05) is 5.41 Å². The number of halogens is 2. The van der Waals surface area contributed by atoms with Gasteiger partial charge in [0.2, 0.25) is 0 Å². The minimum absolute atomic E-state index is 0. The van der Waals surface area contributed by atoms with Crippen LogP contribution in [-0.4, -0.2) is 16.2 Å². The normalized spacial score (nSPS) is 49.1. The average molecular weight is 268 g/mol. The van der Waals surface area contributed by atoms with Crippen LogP contribution in [0.5, 0.6) is 0 Å². The third-order valence-electron chi connectivity index (χ3n) is 5.27. The maximum Gasteiger partial charge on any atom is 0.159 e. The molecule has 2 nitrogen and oxygen atoms in total. The van der Waals surface area contributed by atoms with E-state index in [1.807, 2.05) is 0 Å². The van der Waals surface area contributed by atoms with Crippen LogP contribution in [-0.2, 0) is 0 Å². The van der Waals surface area contributed by atoms with Crippen LogP contribution in [0.15, 0.2) is 0 Å². The Kier molecular flexibility index (Phi) is 3.65. The van der Waals surface area contributed by atoms with Crippen LogP contribution in [0.4, 0.5) is 0 Å². The molecule has 0 aromatic carbocycles. The first-order valence-electron chi connectivity index (χ1n) is 5.98. The van der Waals surface area contributed by atoms with E-state index in [1.165, 1.54) is 0 Å². The fraction of sp³-hybridized carbons (Fsp3) is 1.00. The van der Waals surface area contributed by atoms with Gasteiger partial charge in [-0.2, -0.15) is 0 Å². The van der Waals surface area contributed by atoms with Gasteiger partial charge in [0.1, 0.15) is 0 Å². The van der Waals surface area contributed by atoms with Crippen molar-refractivity contribution in [3.05, 3.63) is 0 Å². The van der Waals surface area contributed by atoms with Crippen LogP contribution in [0.25, 0.3) is 0 Å². The van der Waals surface area contributed by atoms with E-state index in [9.17, 15) is 5.11 Å². The van der Waals surface area contributed by atoms with E-state index in [4.69, 9.17) is 17.3 Å². The molecule has 0 aromatic rings. The Hall–Kier alpha value is 0.500. The highest BCUT2D eigenvalue weighted by atomic mass is 35.5. The first-order valence-corrected chi connectivity index (χ1v) is 6.36. The van der Waals surface area contributed by atoms with Crippen LogP contribution in [0.3, 0.4) is 0 Å². The number of aliphatic hydroxyl groups is 1. The van der Waals surface area contributed by atoms with Gasteiger partial charge >= 0.3 is 0 Å². The standard InChI is InChI=1S/C12H22ClNO.ClH/c1-4-6-11-7-5-8(10(11,2)3)9(14)12(11,13)15;/h8-9,15H,4-7,14H2,1-3H3;1H. The molecule has 4 atom stereocenters. The fourth-order valence-electron chi connectivity index (χ4n) is 4.33. The van der Waals surface area contributed by atoms with E-state index in [2.05, 4.69) is 20.8 Å². The third-order valence-corrected chi connectivity index (χ3v) is 5.88. The third kappa shape index (κ3) is 1.33. The molecule has 96 valence electrons. The summed E-state index contributed by atoms with van der Waals surface area (Å²) in [6.07, 6.45) is 4.16. The quantitative estimate of drug-likeness (QED) is 0.756. The Bertz CT molecular complexity index is 270. The molecule has 0 spiro atoms. The van der Waals surface area contributed by atoms with Gasteiger partial charge in [0.25, 0.3) is 0 Å². The molecule has 2 saturated carbocycles. The highest BCUT2D eigenvalue weighted by Gasteiger charge is 2.73. The molecule has 4 unspecified atom stereocenters. The molecular weight excluding hydrogens is 245 g/mol. The molecular formula is C12H23Cl2NO. The predicted molar refractivity (Wildman–Crippen MR) is 69.9 cm³/mol. The van der Waals surface area contributed by atoms with Gasteiger partial charge in [-0.1, -0.05) is 38.8 Å². The lowest BCUT2D eigenvalue weighted by Crippen LogP contribution is -2.54. The van der Waals surface area contributed by atoms with Crippen LogP contribution in [0.1, 0.15) is 46.5 Å². The topological polar surface area (TPSA) is 46.2 Å². The summed E-state index contributed by atoms with van der Waals surface area (Å²) >= 11 is 6.37. The Balaban J connectivity index is 0.00000128. The lowest BCUT2D eigenvalue weighted by molar-refractivity contribution is -0.0503. The average Bonchev–Trinajstić information content (AvgIpc) is 2.42. The lowest BCUT2D eigenvalue weighted by atomic mass is 9.65. The van der Waals surface area contributed by atoms with Gasteiger partial charge in [-0.05, 0) is 30.6 Å². The summed E-state index contributed by atoms with van der Waals surface area (Å²) in [6.45, 7) is 6.59. The molecule has 2 aliphatic carbocycles. The van der Waals surface area contributed by atoms with Crippen LogP contribution >= 0.6 is 24.0 Å². The highest BCUT2D eigenvalue weighted by molar-refractivity contribution is 6.24. The fourth-order valence-corrected chi connectivity index (χ4v) is 4.91. The number of alkyl halides is 1. The molecule has 0 amide bonds. The molecule has 2 aliphatic rings. The second-order valence-corrected chi connectivity index (χ2v) is 6.47. The molecule has 0 radical (unpaired) electrons. The second-order valence-electron chi connectivity index (χ2n) is 5.90. The van der Waals surface area contributed by atoms with Crippen molar-refractivity contribution in [1.82, 2.24) is 0 Å². The van der Waals surface area contributed by atoms with E-state index in [1.54, 1.807) is 0 Å². The molecule has 2 bridgehead atoms. The maximum atomic E-state index is 10.5. The molecule has 16 heavy (non-hydrogen) atoms. The smallest absolute Gasteiger partial charge is 0.159 e. The van der Waals surface area contributed by atoms with E-state index in [0.29, 0.717) is 5.92 Å². The molecule has 0 aromatic heterocycles. The SMILES string of the molecule is CCCC12CCC(C(N)C1(O)Cl)C2(C)C.Cl. The molecule has 3 N–H and O–H groups in total. The zero-order valence-electron chi connectivity index (χ0n) is 10.3. The number of nitrogens with two attached hydrogens (primary N) is 1. The lowest BCUT2D eigenvalue weighted by Gasteiger charge is -2.45. The zero-order valence-corrected chi connectivity index (χ0v) is 11.9. The molecule has 2 fully saturated rings. The van der Waals surface area contributed by atoms with Crippen molar-refractivity contribution < 1.29 is 5.11 Å². The molecule has 0 saturated heterocycles. The van der Waals surface area contributed by atoms with Gasteiger partial charge in [-0.3, -0.25) is 0 Å². The Morgan fingerprint density at radius 1 is 1.44 bits per heavy atom. The van der Waals surface area contributed by atoms with Crippen molar-refractivity contribution in [2.45, 2.75) is 57.6 Å². The van der Waals surface area contributed by atoms with Gasteiger partial charge in [-0.25, -0.2) is 0 Å². The minimum Gasteiger partial charge on any atom is -0.373 e. The summed E-state index contributed by atoms with van der Waals surface area (Å²) in [6, 6.07) is -0.269. The van der Waals surface area contributed by atoms with E-state index in [-0.39, 0.29) is 29.3 Å². The molecule has 0 aliphatic heterocycles. The summed E-state index contributed by atoms with van der Waals surface area (Å²) in [5, 5.41) is 9.31. The van der Waals surface area contributed by atoms with Crippen LogP contribution in [0, 0.1) is 16.7 Å². The molecule has 0 heterocycles. The van der Waals surface area contributed by atoms with Crippen molar-refractivity contribution in [3.8, 4) is 0 Å². The minimum atomic E-state index is -1.20. The Morgan fingerprint density at radius 3 is 2.38 bits per heavy atom. The first kappa shape index (κ1) is 14.6. The van der Waals surface area contributed by atoms with Gasteiger partial charge in [0.15, 0.2) is 5.06 Å². The number of fused-ring (bicyclic) bond motifs is 2. The highest BCUT2D eigenvalue weighted by Crippen LogP contribution is 2.72. The zero-order chi connectivity index (χ0) is 11.5. The van der Waals surface area contributed by atoms with E-state index >= 15 is 0 Å². The largest absolute Gasteiger partial charge is 0.373 e. The Morgan fingerprint density at radius 2 is 2.00 bits per heavy atom. The monoisotopic (exact) mass is 267 g/mol. The number of rotatable bonds is 2. The van der Waals surface area contributed by atoms with E-state index in [0.717, 1.165) is 25.7 Å². The first-order chi connectivity index (χ1) is 6.81. The Labute approximate surface area is 109 Å². The predicted octanol–water partition coefficient (Wildman–Crippen LogP) is 2.90. The number of hydrogen-bond acceptors (Lipinski definition) is 2. The number of hydrogen-bond donors (Lipinski definition) is 2. The summed E-state index contributed by atoms with van der Waals surface area (Å²) in [5.41, 5.74) is 6.00. The second kappa shape index (κ2) is 4.01. The maximum absolute atomic E-state index is 10.5.